The first kappa shape index (κ1) is 17.2. The molecule has 27 heavy (non-hydrogen) atoms. The number of carbonyl (C=O) groups is 1. The van der Waals surface area contributed by atoms with Crippen LogP contribution in [-0.4, -0.2) is 10.9 Å². The van der Waals surface area contributed by atoms with Gasteiger partial charge in [-0.2, -0.15) is 0 Å². The number of para-hydroxylation sites is 4. The molecule has 5 heteroatoms. The zero-order chi connectivity index (χ0) is 18.5. The number of aryl methyl sites for hydroxylation is 1. The second-order valence-electron chi connectivity index (χ2n) is 6.03. The lowest BCUT2D eigenvalue weighted by Crippen LogP contribution is -2.12. The van der Waals surface area contributed by atoms with Crippen molar-refractivity contribution in [1.29, 1.82) is 0 Å². The van der Waals surface area contributed by atoms with Crippen LogP contribution in [0.15, 0.2) is 78.9 Å². The minimum absolute atomic E-state index is 0.0571. The maximum atomic E-state index is 12.4. The number of aromatic nitrogens is 1. The molecule has 0 aliphatic carbocycles. The fourth-order valence-corrected chi connectivity index (χ4v) is 3.70. The van der Waals surface area contributed by atoms with E-state index in [9.17, 15) is 4.79 Å². The minimum atomic E-state index is -0.0571. The molecule has 0 saturated heterocycles. The highest BCUT2D eigenvalue weighted by Crippen LogP contribution is 2.29. The standard InChI is InChI=1S/C22H18N2O2S/c25-21(14-15-22-24-18-11-5-7-13-20(18)27-22)23-17-10-4-6-12-19(17)26-16-8-2-1-3-9-16/h1-13H,14-15H2,(H,23,25). The van der Waals surface area contributed by atoms with E-state index >= 15 is 0 Å². The molecule has 0 radical (unpaired) electrons. The predicted molar refractivity (Wildman–Crippen MR) is 110 cm³/mol. The lowest BCUT2D eigenvalue weighted by molar-refractivity contribution is -0.116. The first-order valence-electron chi connectivity index (χ1n) is 8.74. The van der Waals surface area contributed by atoms with Crippen LogP contribution in [0.2, 0.25) is 0 Å². The number of benzene rings is 3. The third-order valence-electron chi connectivity index (χ3n) is 4.04. The van der Waals surface area contributed by atoms with E-state index in [4.69, 9.17) is 4.74 Å². The summed E-state index contributed by atoms with van der Waals surface area (Å²) in [6, 6.07) is 25.0. The van der Waals surface area contributed by atoms with Gasteiger partial charge in [-0.25, -0.2) is 4.98 Å². The number of anilines is 1. The summed E-state index contributed by atoms with van der Waals surface area (Å²) in [4.78, 5) is 17.0. The maximum Gasteiger partial charge on any atom is 0.224 e. The highest BCUT2D eigenvalue weighted by atomic mass is 32.1. The van der Waals surface area contributed by atoms with Crippen molar-refractivity contribution in [2.75, 3.05) is 5.32 Å². The van der Waals surface area contributed by atoms with Gasteiger partial charge in [-0.05, 0) is 36.4 Å². The molecule has 1 amide bonds. The molecule has 4 aromatic rings. The first-order chi connectivity index (χ1) is 13.3. The van der Waals surface area contributed by atoms with Crippen LogP contribution in [0.1, 0.15) is 11.4 Å². The van der Waals surface area contributed by atoms with Crippen LogP contribution >= 0.6 is 11.3 Å². The Hall–Kier alpha value is -3.18. The van der Waals surface area contributed by atoms with Crippen molar-refractivity contribution in [2.24, 2.45) is 0 Å². The Bertz CT molecular complexity index is 1030. The first-order valence-corrected chi connectivity index (χ1v) is 9.56. The van der Waals surface area contributed by atoms with E-state index < -0.39 is 0 Å². The molecular formula is C22H18N2O2S. The molecule has 1 N–H and O–H groups in total. The molecule has 0 bridgehead atoms. The van der Waals surface area contributed by atoms with Gasteiger partial charge in [0.15, 0.2) is 5.75 Å². The van der Waals surface area contributed by atoms with E-state index in [0.29, 0.717) is 24.3 Å². The van der Waals surface area contributed by atoms with Crippen LogP contribution < -0.4 is 10.1 Å². The second-order valence-corrected chi connectivity index (χ2v) is 7.15. The molecule has 0 saturated carbocycles. The zero-order valence-corrected chi connectivity index (χ0v) is 15.4. The predicted octanol–water partition coefficient (Wildman–Crippen LogP) is 5.66. The molecule has 0 aliphatic rings. The van der Waals surface area contributed by atoms with Gasteiger partial charge in [0, 0.05) is 12.8 Å². The number of nitrogens with one attached hydrogen (secondary N) is 1. The Morgan fingerprint density at radius 1 is 0.926 bits per heavy atom. The Labute approximate surface area is 161 Å². The molecule has 3 aromatic carbocycles. The van der Waals surface area contributed by atoms with Crippen molar-refractivity contribution in [3.8, 4) is 11.5 Å². The number of hydrogen-bond acceptors (Lipinski definition) is 4. The summed E-state index contributed by atoms with van der Waals surface area (Å²) in [6.07, 6.45) is 0.992. The molecule has 0 unspecified atom stereocenters. The van der Waals surface area contributed by atoms with Crippen LogP contribution in [0.5, 0.6) is 11.5 Å². The quantitative estimate of drug-likeness (QED) is 0.474. The molecule has 0 spiro atoms. The third kappa shape index (κ3) is 4.33. The summed E-state index contributed by atoms with van der Waals surface area (Å²) < 4.78 is 7.04. The van der Waals surface area contributed by atoms with E-state index in [0.717, 1.165) is 21.0 Å². The fourth-order valence-electron chi connectivity index (χ4n) is 2.73. The summed E-state index contributed by atoms with van der Waals surface area (Å²) in [5, 5.41) is 3.92. The van der Waals surface area contributed by atoms with Crippen LogP contribution in [0.25, 0.3) is 10.2 Å². The average molecular weight is 374 g/mol. The smallest absolute Gasteiger partial charge is 0.224 e. The number of hydrogen-bond donors (Lipinski definition) is 1. The molecule has 0 fully saturated rings. The van der Waals surface area contributed by atoms with Crippen molar-refractivity contribution in [1.82, 2.24) is 4.98 Å². The number of carbonyl (C=O) groups excluding carboxylic acids is 1. The van der Waals surface area contributed by atoms with Crippen molar-refractivity contribution in [3.05, 3.63) is 83.9 Å². The van der Waals surface area contributed by atoms with Crippen molar-refractivity contribution < 1.29 is 9.53 Å². The summed E-state index contributed by atoms with van der Waals surface area (Å²) in [5.41, 5.74) is 1.65. The monoisotopic (exact) mass is 374 g/mol. The van der Waals surface area contributed by atoms with Gasteiger partial charge in [0.25, 0.3) is 0 Å². The minimum Gasteiger partial charge on any atom is -0.455 e. The van der Waals surface area contributed by atoms with Gasteiger partial charge >= 0.3 is 0 Å². The van der Waals surface area contributed by atoms with Crippen LogP contribution in [-0.2, 0) is 11.2 Å². The van der Waals surface area contributed by atoms with Crippen LogP contribution in [0.3, 0.4) is 0 Å². The van der Waals surface area contributed by atoms with Gasteiger partial charge in [0.2, 0.25) is 5.91 Å². The van der Waals surface area contributed by atoms with E-state index in [2.05, 4.69) is 10.3 Å². The molecule has 4 nitrogen and oxygen atoms in total. The van der Waals surface area contributed by atoms with Crippen LogP contribution in [0, 0.1) is 0 Å². The third-order valence-corrected chi connectivity index (χ3v) is 5.13. The summed E-state index contributed by atoms with van der Waals surface area (Å²) >= 11 is 1.63. The topological polar surface area (TPSA) is 51.2 Å². The lowest BCUT2D eigenvalue weighted by atomic mass is 10.2. The van der Waals surface area contributed by atoms with E-state index in [1.165, 1.54) is 0 Å². The molecule has 0 aliphatic heterocycles. The van der Waals surface area contributed by atoms with Crippen LogP contribution in [0.4, 0.5) is 5.69 Å². The molecule has 4 rings (SSSR count). The molecule has 1 heterocycles. The van der Waals surface area contributed by atoms with Gasteiger partial charge in [-0.1, -0.05) is 42.5 Å². The summed E-state index contributed by atoms with van der Waals surface area (Å²) in [6.45, 7) is 0. The van der Waals surface area contributed by atoms with Gasteiger partial charge in [-0.15, -0.1) is 11.3 Å². The molecule has 134 valence electrons. The van der Waals surface area contributed by atoms with E-state index in [1.54, 1.807) is 11.3 Å². The van der Waals surface area contributed by atoms with Gasteiger partial charge in [-0.3, -0.25) is 4.79 Å². The maximum absolute atomic E-state index is 12.4. The fraction of sp³-hybridized carbons (Fsp3) is 0.0909. The number of nitrogens with zero attached hydrogens (tertiary/aromatic N) is 1. The lowest BCUT2D eigenvalue weighted by Gasteiger charge is -2.12. The number of fused-ring (bicyclic) bond motifs is 1. The Morgan fingerprint density at radius 3 is 2.52 bits per heavy atom. The normalized spacial score (nSPS) is 10.7. The Balaban J connectivity index is 1.40. The number of thiazole rings is 1. The molecular weight excluding hydrogens is 356 g/mol. The highest BCUT2D eigenvalue weighted by molar-refractivity contribution is 7.18. The van der Waals surface area contributed by atoms with Gasteiger partial charge in [0.05, 0.1) is 20.9 Å². The Kier molecular flexibility index (Phi) is 5.12. The number of ether oxygens (including phenoxy) is 1. The largest absolute Gasteiger partial charge is 0.455 e. The molecule has 1 aromatic heterocycles. The van der Waals surface area contributed by atoms with E-state index in [1.807, 2.05) is 78.9 Å². The molecule has 0 atom stereocenters. The number of rotatable bonds is 6. The summed E-state index contributed by atoms with van der Waals surface area (Å²) in [7, 11) is 0. The van der Waals surface area contributed by atoms with E-state index in [-0.39, 0.29) is 5.91 Å². The van der Waals surface area contributed by atoms with Gasteiger partial charge in [0.1, 0.15) is 5.75 Å². The van der Waals surface area contributed by atoms with Crippen molar-refractivity contribution in [3.63, 3.8) is 0 Å². The highest BCUT2D eigenvalue weighted by Gasteiger charge is 2.10. The van der Waals surface area contributed by atoms with Crippen molar-refractivity contribution >= 4 is 33.1 Å². The second kappa shape index (κ2) is 8.01. The Morgan fingerprint density at radius 2 is 1.67 bits per heavy atom. The summed E-state index contributed by atoms with van der Waals surface area (Å²) in [5.74, 6) is 1.30. The van der Waals surface area contributed by atoms with Gasteiger partial charge < -0.3 is 10.1 Å². The number of amides is 1. The zero-order valence-electron chi connectivity index (χ0n) is 14.6. The SMILES string of the molecule is O=C(CCc1nc2ccccc2s1)Nc1ccccc1Oc1ccccc1. The average Bonchev–Trinajstić information content (AvgIpc) is 3.12. The van der Waals surface area contributed by atoms with Crippen molar-refractivity contribution in [2.45, 2.75) is 12.8 Å².